The van der Waals surface area contributed by atoms with E-state index in [0.717, 1.165) is 81.9 Å². The lowest BCUT2D eigenvalue weighted by molar-refractivity contribution is 0.174. The Bertz CT molecular complexity index is 935. The third kappa shape index (κ3) is 8.82. The first kappa shape index (κ1) is 29.1. The standard InChI is InChI=1S/C31H48N2O4/c1-4-18-32(22-23-37-30-13-9-8-12-29(30)36-3)20-10-6-7-11-21-33(19-5-2)26-15-16-27-25(24-26)14-17-28(34)31(27)35/h8-9,12-14,17,26,34-35H,4-7,10-11,15-16,18-24H2,1-3H3/t26-/m0/s1. The van der Waals surface area contributed by atoms with Crippen molar-refractivity contribution in [3.63, 3.8) is 0 Å². The zero-order valence-corrected chi connectivity index (χ0v) is 23.3. The summed E-state index contributed by atoms with van der Waals surface area (Å²) in [7, 11) is 1.68. The lowest BCUT2D eigenvalue weighted by atomic mass is 9.86. The predicted molar refractivity (Wildman–Crippen MR) is 151 cm³/mol. The van der Waals surface area contributed by atoms with Crippen LogP contribution in [0.5, 0.6) is 23.0 Å². The van der Waals surface area contributed by atoms with E-state index in [4.69, 9.17) is 9.47 Å². The van der Waals surface area contributed by atoms with E-state index >= 15 is 0 Å². The molecule has 0 aliphatic heterocycles. The molecule has 2 N–H and O–H groups in total. The zero-order valence-electron chi connectivity index (χ0n) is 23.3. The topological polar surface area (TPSA) is 65.4 Å². The van der Waals surface area contributed by atoms with Crippen molar-refractivity contribution in [1.82, 2.24) is 9.80 Å². The molecule has 6 heteroatoms. The molecule has 1 atom stereocenters. The Kier molecular flexibility index (Phi) is 12.4. The summed E-state index contributed by atoms with van der Waals surface area (Å²) in [4.78, 5) is 5.18. The van der Waals surface area contributed by atoms with Crippen LogP contribution < -0.4 is 9.47 Å². The number of phenolic OH excluding ortho intramolecular Hbond substituents is 2. The molecule has 0 amide bonds. The summed E-state index contributed by atoms with van der Waals surface area (Å²) in [6, 6.07) is 12.0. The SMILES string of the molecule is CCCN(CCCCCCN(CCC)[C@H]1CCc2c(ccc(O)c2O)C1)CCOc1ccccc1OC. The highest BCUT2D eigenvalue weighted by atomic mass is 16.5. The summed E-state index contributed by atoms with van der Waals surface area (Å²) in [5.74, 6) is 1.69. The summed E-state index contributed by atoms with van der Waals surface area (Å²) in [6.45, 7) is 10.6. The Labute approximate surface area is 224 Å². The van der Waals surface area contributed by atoms with Crippen LogP contribution in [0.15, 0.2) is 36.4 Å². The largest absolute Gasteiger partial charge is 0.504 e. The number of methoxy groups -OCH3 is 1. The molecule has 2 aromatic carbocycles. The van der Waals surface area contributed by atoms with Gasteiger partial charge in [0.1, 0.15) is 6.61 Å². The van der Waals surface area contributed by atoms with E-state index in [-0.39, 0.29) is 11.5 Å². The number of fused-ring (bicyclic) bond motifs is 1. The molecular formula is C31H48N2O4. The number of unbranched alkanes of at least 4 members (excludes halogenated alkanes) is 3. The maximum absolute atomic E-state index is 10.2. The maximum atomic E-state index is 10.2. The van der Waals surface area contributed by atoms with Gasteiger partial charge in [-0.15, -0.1) is 0 Å². The van der Waals surface area contributed by atoms with E-state index in [9.17, 15) is 10.2 Å². The minimum atomic E-state index is 0.00377. The van der Waals surface area contributed by atoms with Crippen molar-refractivity contribution in [3.05, 3.63) is 47.5 Å². The smallest absolute Gasteiger partial charge is 0.161 e. The maximum Gasteiger partial charge on any atom is 0.161 e. The third-order valence-corrected chi connectivity index (χ3v) is 7.51. The number of phenols is 2. The molecule has 3 rings (SSSR count). The van der Waals surface area contributed by atoms with Crippen molar-refractivity contribution >= 4 is 0 Å². The van der Waals surface area contributed by atoms with Crippen molar-refractivity contribution in [2.45, 2.75) is 77.7 Å². The first-order valence-electron chi connectivity index (χ1n) is 14.3. The Balaban J connectivity index is 1.36. The minimum Gasteiger partial charge on any atom is -0.504 e. The Morgan fingerprint density at radius 3 is 2.30 bits per heavy atom. The fraction of sp³-hybridized carbons (Fsp3) is 0.613. The van der Waals surface area contributed by atoms with Gasteiger partial charge in [0.05, 0.1) is 7.11 Å². The molecule has 1 aliphatic carbocycles. The highest BCUT2D eigenvalue weighted by Gasteiger charge is 2.26. The molecule has 0 radical (unpaired) electrons. The number of rotatable bonds is 17. The van der Waals surface area contributed by atoms with Crippen LogP contribution in [0.2, 0.25) is 0 Å². The molecule has 0 aromatic heterocycles. The van der Waals surface area contributed by atoms with Gasteiger partial charge in [-0.25, -0.2) is 0 Å². The quantitative estimate of drug-likeness (QED) is 0.199. The van der Waals surface area contributed by atoms with E-state index < -0.39 is 0 Å². The molecule has 1 aliphatic rings. The average Bonchev–Trinajstić information content (AvgIpc) is 2.92. The van der Waals surface area contributed by atoms with Gasteiger partial charge in [-0.2, -0.15) is 0 Å². The molecule has 0 saturated carbocycles. The van der Waals surface area contributed by atoms with Crippen LogP contribution in [0.4, 0.5) is 0 Å². The van der Waals surface area contributed by atoms with Crippen molar-refractivity contribution in [2.75, 3.05) is 46.4 Å². The highest BCUT2D eigenvalue weighted by Crippen LogP contribution is 2.36. The van der Waals surface area contributed by atoms with Gasteiger partial charge >= 0.3 is 0 Å². The van der Waals surface area contributed by atoms with Gasteiger partial charge in [0, 0.05) is 18.2 Å². The normalized spacial score (nSPS) is 15.2. The van der Waals surface area contributed by atoms with E-state index in [1.807, 2.05) is 30.3 Å². The van der Waals surface area contributed by atoms with E-state index in [2.05, 4.69) is 23.6 Å². The summed E-state index contributed by atoms with van der Waals surface area (Å²) in [6.07, 6.45) is 10.1. The number of benzene rings is 2. The van der Waals surface area contributed by atoms with Gasteiger partial charge in [0.2, 0.25) is 0 Å². The summed E-state index contributed by atoms with van der Waals surface area (Å²) in [5.41, 5.74) is 2.14. The van der Waals surface area contributed by atoms with Crippen LogP contribution in [0.25, 0.3) is 0 Å². The first-order chi connectivity index (χ1) is 18.1. The van der Waals surface area contributed by atoms with Crippen LogP contribution in [-0.2, 0) is 12.8 Å². The molecule has 0 saturated heterocycles. The summed E-state index contributed by atoms with van der Waals surface area (Å²) in [5, 5.41) is 20.0. The van der Waals surface area contributed by atoms with Gasteiger partial charge in [0.25, 0.3) is 0 Å². The first-order valence-corrected chi connectivity index (χ1v) is 14.3. The number of para-hydroxylation sites is 2. The number of ether oxygens (including phenoxy) is 2. The Morgan fingerprint density at radius 1 is 0.838 bits per heavy atom. The van der Waals surface area contributed by atoms with Gasteiger partial charge in [-0.3, -0.25) is 4.90 Å². The molecule has 0 unspecified atom stereocenters. The molecule has 0 fully saturated rings. The number of hydrogen-bond donors (Lipinski definition) is 2. The summed E-state index contributed by atoms with van der Waals surface area (Å²) >= 11 is 0. The number of aromatic hydroxyl groups is 2. The van der Waals surface area contributed by atoms with Crippen LogP contribution >= 0.6 is 0 Å². The predicted octanol–water partition coefficient (Wildman–Crippen LogP) is 6.03. The molecule has 6 nitrogen and oxygen atoms in total. The number of nitrogens with zero attached hydrogens (tertiary/aromatic N) is 2. The van der Waals surface area contributed by atoms with Crippen molar-refractivity contribution in [3.8, 4) is 23.0 Å². The van der Waals surface area contributed by atoms with Gasteiger partial charge < -0.3 is 24.6 Å². The van der Waals surface area contributed by atoms with Crippen LogP contribution in [-0.4, -0.2) is 72.5 Å². The lowest BCUT2D eigenvalue weighted by Crippen LogP contribution is -2.40. The third-order valence-electron chi connectivity index (χ3n) is 7.51. The molecule has 2 aromatic rings. The Hall–Kier alpha value is -2.44. The highest BCUT2D eigenvalue weighted by molar-refractivity contribution is 5.50. The van der Waals surface area contributed by atoms with Gasteiger partial charge in [-0.1, -0.05) is 44.9 Å². The van der Waals surface area contributed by atoms with Crippen molar-refractivity contribution in [1.29, 1.82) is 0 Å². The zero-order chi connectivity index (χ0) is 26.5. The molecule has 0 spiro atoms. The molecule has 0 bridgehead atoms. The van der Waals surface area contributed by atoms with Crippen LogP contribution in [0, 0.1) is 0 Å². The van der Waals surface area contributed by atoms with Gasteiger partial charge in [0.15, 0.2) is 23.0 Å². The van der Waals surface area contributed by atoms with E-state index in [0.29, 0.717) is 12.6 Å². The van der Waals surface area contributed by atoms with E-state index in [1.54, 1.807) is 13.2 Å². The van der Waals surface area contributed by atoms with Crippen LogP contribution in [0.3, 0.4) is 0 Å². The average molecular weight is 513 g/mol. The second kappa shape index (κ2) is 15.7. The Morgan fingerprint density at radius 2 is 1.57 bits per heavy atom. The lowest BCUT2D eigenvalue weighted by Gasteiger charge is -2.35. The number of hydrogen-bond acceptors (Lipinski definition) is 6. The van der Waals surface area contributed by atoms with E-state index in [1.165, 1.54) is 31.2 Å². The molecule has 206 valence electrons. The van der Waals surface area contributed by atoms with Crippen molar-refractivity contribution < 1.29 is 19.7 Å². The second-order valence-electron chi connectivity index (χ2n) is 10.3. The minimum absolute atomic E-state index is 0.00377. The second-order valence-corrected chi connectivity index (χ2v) is 10.3. The fourth-order valence-corrected chi connectivity index (χ4v) is 5.56. The monoisotopic (exact) mass is 512 g/mol. The van der Waals surface area contributed by atoms with Crippen LogP contribution in [0.1, 0.15) is 69.9 Å². The molecular weight excluding hydrogens is 464 g/mol. The summed E-state index contributed by atoms with van der Waals surface area (Å²) < 4.78 is 11.4. The van der Waals surface area contributed by atoms with Gasteiger partial charge in [-0.05, 0) is 94.9 Å². The van der Waals surface area contributed by atoms with Crippen molar-refractivity contribution in [2.24, 2.45) is 0 Å². The molecule has 37 heavy (non-hydrogen) atoms. The molecule has 0 heterocycles. The fourth-order valence-electron chi connectivity index (χ4n) is 5.56.